The number of hydrogen-bond donors (Lipinski definition) is 0. The van der Waals surface area contributed by atoms with Gasteiger partial charge in [0.1, 0.15) is 11.5 Å². The summed E-state index contributed by atoms with van der Waals surface area (Å²) < 4.78 is 11.2. The topological polar surface area (TPSA) is 78.7 Å². The number of benzene rings is 3. The Labute approximate surface area is 188 Å². The zero-order chi connectivity index (χ0) is 22.4. The van der Waals surface area contributed by atoms with Crippen LogP contribution in [0.2, 0.25) is 10.0 Å². The van der Waals surface area contributed by atoms with Crippen LogP contribution in [0.1, 0.15) is 18.1 Å². The molecule has 0 radical (unpaired) electrons. The van der Waals surface area contributed by atoms with Crippen LogP contribution in [0, 0.1) is 10.1 Å². The van der Waals surface area contributed by atoms with E-state index in [1.807, 2.05) is 37.3 Å². The Morgan fingerprint density at radius 1 is 1.10 bits per heavy atom. The molecule has 0 spiro atoms. The number of ether oxygens (including phenoxy) is 2. The lowest BCUT2D eigenvalue weighted by atomic mass is 10.1. The SMILES string of the molecule is CCc1c(OC(=O)C=Cc2ccccc2)cc(Cl)c(Oc2ccc([N+](=O)[O-])cc2)c1Cl. The zero-order valence-corrected chi connectivity index (χ0v) is 17.9. The van der Waals surface area contributed by atoms with Crippen LogP contribution in [0.25, 0.3) is 6.08 Å². The van der Waals surface area contributed by atoms with Crippen molar-refractivity contribution in [3.8, 4) is 17.2 Å². The summed E-state index contributed by atoms with van der Waals surface area (Å²) in [7, 11) is 0. The molecular formula is C23H17Cl2NO5. The molecular weight excluding hydrogens is 441 g/mol. The molecule has 0 aliphatic rings. The normalized spacial score (nSPS) is 10.8. The fourth-order valence-corrected chi connectivity index (χ4v) is 3.40. The molecule has 6 nitrogen and oxygen atoms in total. The molecule has 31 heavy (non-hydrogen) atoms. The molecule has 0 unspecified atom stereocenters. The number of esters is 1. The molecule has 3 aromatic rings. The molecule has 0 saturated heterocycles. The van der Waals surface area contributed by atoms with Gasteiger partial charge in [-0.05, 0) is 30.2 Å². The van der Waals surface area contributed by atoms with Crippen LogP contribution in [0.5, 0.6) is 17.2 Å². The number of nitro benzene ring substituents is 1. The lowest BCUT2D eigenvalue weighted by Crippen LogP contribution is -2.06. The van der Waals surface area contributed by atoms with Gasteiger partial charge in [-0.25, -0.2) is 4.79 Å². The van der Waals surface area contributed by atoms with E-state index < -0.39 is 10.9 Å². The maximum Gasteiger partial charge on any atom is 0.336 e. The first-order valence-corrected chi connectivity index (χ1v) is 10.0. The summed E-state index contributed by atoms with van der Waals surface area (Å²) in [5.41, 5.74) is 1.34. The van der Waals surface area contributed by atoms with Gasteiger partial charge in [0.25, 0.3) is 5.69 Å². The van der Waals surface area contributed by atoms with Gasteiger partial charge in [0.15, 0.2) is 5.75 Å². The van der Waals surface area contributed by atoms with E-state index >= 15 is 0 Å². The molecule has 0 bridgehead atoms. The second-order valence-corrected chi connectivity index (χ2v) is 7.14. The summed E-state index contributed by atoms with van der Waals surface area (Å²) in [6.07, 6.45) is 3.42. The Kier molecular flexibility index (Phi) is 7.28. The lowest BCUT2D eigenvalue weighted by Gasteiger charge is -2.15. The molecule has 0 aromatic heterocycles. The third-order valence-corrected chi connectivity index (χ3v) is 4.96. The van der Waals surface area contributed by atoms with Gasteiger partial charge in [-0.1, -0.05) is 60.5 Å². The van der Waals surface area contributed by atoms with E-state index in [9.17, 15) is 14.9 Å². The summed E-state index contributed by atoms with van der Waals surface area (Å²) in [6, 6.07) is 16.3. The molecule has 0 amide bonds. The fraction of sp³-hybridized carbons (Fsp3) is 0.0870. The average molecular weight is 458 g/mol. The first-order valence-electron chi connectivity index (χ1n) is 9.27. The van der Waals surface area contributed by atoms with Crippen molar-refractivity contribution in [2.24, 2.45) is 0 Å². The molecule has 3 aromatic carbocycles. The van der Waals surface area contributed by atoms with E-state index in [0.29, 0.717) is 17.7 Å². The van der Waals surface area contributed by atoms with Gasteiger partial charge in [-0.3, -0.25) is 10.1 Å². The predicted molar refractivity (Wildman–Crippen MR) is 120 cm³/mol. The Morgan fingerprint density at radius 3 is 2.39 bits per heavy atom. The van der Waals surface area contributed by atoms with Crippen molar-refractivity contribution in [2.45, 2.75) is 13.3 Å². The first kappa shape index (κ1) is 22.3. The third-order valence-electron chi connectivity index (χ3n) is 4.28. The minimum absolute atomic E-state index is 0.0652. The highest BCUT2D eigenvalue weighted by atomic mass is 35.5. The van der Waals surface area contributed by atoms with Crippen molar-refractivity contribution >= 4 is 40.9 Å². The average Bonchev–Trinajstić information content (AvgIpc) is 2.76. The van der Waals surface area contributed by atoms with E-state index in [0.717, 1.165) is 5.56 Å². The number of nitrogens with zero attached hydrogens (tertiary/aromatic N) is 1. The number of rotatable bonds is 7. The van der Waals surface area contributed by atoms with E-state index in [1.54, 1.807) is 6.08 Å². The Bertz CT molecular complexity index is 1130. The highest BCUT2D eigenvalue weighted by Crippen LogP contribution is 2.43. The molecule has 0 fully saturated rings. The highest BCUT2D eigenvalue weighted by molar-refractivity contribution is 6.38. The number of hydrogen-bond acceptors (Lipinski definition) is 5. The number of nitro groups is 1. The van der Waals surface area contributed by atoms with Crippen LogP contribution >= 0.6 is 23.2 Å². The molecule has 3 rings (SSSR count). The van der Waals surface area contributed by atoms with Crippen LogP contribution in [0.3, 0.4) is 0 Å². The Morgan fingerprint density at radius 2 is 1.77 bits per heavy atom. The van der Waals surface area contributed by atoms with Gasteiger partial charge < -0.3 is 9.47 Å². The number of carbonyl (C=O) groups excluding carboxylic acids is 1. The van der Waals surface area contributed by atoms with Gasteiger partial charge in [0.2, 0.25) is 0 Å². The highest BCUT2D eigenvalue weighted by Gasteiger charge is 2.19. The number of halogens is 2. The van der Waals surface area contributed by atoms with Crippen LogP contribution in [-0.2, 0) is 11.2 Å². The second-order valence-electron chi connectivity index (χ2n) is 6.35. The van der Waals surface area contributed by atoms with Crippen molar-refractivity contribution < 1.29 is 19.2 Å². The second kappa shape index (κ2) is 10.1. The van der Waals surface area contributed by atoms with Crippen LogP contribution in [0.4, 0.5) is 5.69 Å². The summed E-state index contributed by atoms with van der Waals surface area (Å²) in [5, 5.41) is 11.1. The Balaban J connectivity index is 1.82. The van der Waals surface area contributed by atoms with E-state index in [1.165, 1.54) is 36.4 Å². The van der Waals surface area contributed by atoms with E-state index in [-0.39, 0.29) is 27.2 Å². The van der Waals surface area contributed by atoms with E-state index in [4.69, 9.17) is 32.7 Å². The van der Waals surface area contributed by atoms with Gasteiger partial charge in [-0.15, -0.1) is 0 Å². The molecule has 0 saturated carbocycles. The maximum atomic E-state index is 12.3. The monoisotopic (exact) mass is 457 g/mol. The van der Waals surface area contributed by atoms with Crippen molar-refractivity contribution in [3.05, 3.63) is 98.0 Å². The van der Waals surface area contributed by atoms with Crippen molar-refractivity contribution in [1.29, 1.82) is 0 Å². The quantitative estimate of drug-likeness (QED) is 0.127. The molecule has 0 aliphatic heterocycles. The minimum atomic E-state index is -0.574. The summed E-state index contributed by atoms with van der Waals surface area (Å²) in [5.74, 6) is 0.159. The molecule has 158 valence electrons. The summed E-state index contributed by atoms with van der Waals surface area (Å²) in [4.78, 5) is 22.5. The van der Waals surface area contributed by atoms with E-state index in [2.05, 4.69) is 0 Å². The van der Waals surface area contributed by atoms with Crippen molar-refractivity contribution in [1.82, 2.24) is 0 Å². The maximum absolute atomic E-state index is 12.3. The van der Waals surface area contributed by atoms with Gasteiger partial charge >= 0.3 is 5.97 Å². The zero-order valence-electron chi connectivity index (χ0n) is 16.4. The van der Waals surface area contributed by atoms with Gasteiger partial charge in [0.05, 0.1) is 15.0 Å². The van der Waals surface area contributed by atoms with Crippen molar-refractivity contribution in [3.63, 3.8) is 0 Å². The third kappa shape index (κ3) is 5.63. The minimum Gasteiger partial charge on any atom is -0.454 e. The molecule has 0 N–H and O–H groups in total. The summed E-state index contributed by atoms with van der Waals surface area (Å²) >= 11 is 12.8. The standard InChI is InChI=1S/C23H17Cl2NO5/c1-2-18-20(31-21(27)13-8-15-6-4-3-5-7-15)14-19(24)23(22(18)25)30-17-11-9-16(10-12-17)26(28)29/h3-14H,2H2,1H3. The predicted octanol–water partition coefficient (Wildman–Crippen LogP) is 6.88. The largest absolute Gasteiger partial charge is 0.454 e. The van der Waals surface area contributed by atoms with Crippen LogP contribution in [-0.4, -0.2) is 10.9 Å². The molecule has 0 heterocycles. The summed E-state index contributed by atoms with van der Waals surface area (Å²) in [6.45, 7) is 1.85. The molecule has 0 aliphatic carbocycles. The van der Waals surface area contributed by atoms with Gasteiger partial charge in [0, 0.05) is 29.8 Å². The van der Waals surface area contributed by atoms with Crippen molar-refractivity contribution in [2.75, 3.05) is 0 Å². The number of carbonyl (C=O) groups is 1. The first-order chi connectivity index (χ1) is 14.9. The number of non-ortho nitro benzene ring substituents is 1. The lowest BCUT2D eigenvalue weighted by molar-refractivity contribution is -0.384. The van der Waals surface area contributed by atoms with Crippen LogP contribution < -0.4 is 9.47 Å². The fourth-order valence-electron chi connectivity index (χ4n) is 2.76. The smallest absolute Gasteiger partial charge is 0.336 e. The molecule has 8 heteroatoms. The van der Waals surface area contributed by atoms with Crippen LogP contribution in [0.15, 0.2) is 66.7 Å². The Hall–Kier alpha value is -3.35. The molecule has 0 atom stereocenters. The van der Waals surface area contributed by atoms with Gasteiger partial charge in [-0.2, -0.15) is 0 Å².